The lowest BCUT2D eigenvalue weighted by molar-refractivity contribution is 0.105. The van der Waals surface area contributed by atoms with Crippen LogP contribution >= 0.6 is 0 Å². The van der Waals surface area contributed by atoms with Crippen LogP contribution in [-0.2, 0) is 9.47 Å². The van der Waals surface area contributed by atoms with Crippen molar-refractivity contribution in [1.29, 1.82) is 0 Å². The Morgan fingerprint density at radius 1 is 1.25 bits per heavy atom. The van der Waals surface area contributed by atoms with Crippen LogP contribution in [0.15, 0.2) is 35.3 Å². The summed E-state index contributed by atoms with van der Waals surface area (Å²) >= 11 is 0. The van der Waals surface area contributed by atoms with Crippen LogP contribution in [0.1, 0.15) is 12.5 Å². The number of amides is 1. The van der Waals surface area contributed by atoms with E-state index < -0.39 is 6.09 Å². The molecule has 0 heterocycles. The van der Waals surface area contributed by atoms with Gasteiger partial charge < -0.3 is 9.47 Å². The maximum Gasteiger partial charge on any atom is 0.433 e. The van der Waals surface area contributed by atoms with Crippen LogP contribution in [0.25, 0.3) is 0 Å². The monoisotopic (exact) mass is 221 g/mol. The second kappa shape index (κ2) is 6.74. The zero-order valence-corrected chi connectivity index (χ0v) is 9.47. The molecule has 16 heavy (non-hydrogen) atoms. The zero-order chi connectivity index (χ0) is 11.8. The normalized spacial score (nSPS) is 11.2. The van der Waals surface area contributed by atoms with Crippen molar-refractivity contribution in [3.63, 3.8) is 0 Å². The molecule has 0 N–H and O–H groups in total. The highest BCUT2D eigenvalue weighted by Crippen LogP contribution is 2.01. The number of hydrogen-bond acceptors (Lipinski definition) is 3. The summed E-state index contributed by atoms with van der Waals surface area (Å²) < 4.78 is 9.58. The number of hydrogen-bond donors (Lipinski definition) is 0. The second-order valence-corrected chi connectivity index (χ2v) is 3.17. The van der Waals surface area contributed by atoms with Crippen molar-refractivity contribution in [2.45, 2.75) is 6.92 Å². The Labute approximate surface area is 94.9 Å². The number of methoxy groups -OCH3 is 1. The molecule has 0 saturated carbocycles. The summed E-state index contributed by atoms with van der Waals surface area (Å²) in [5.74, 6) is 0. The SMILES string of the molecule is COCCOC(=O)/N=C(/C)c1ccccc1. The van der Waals surface area contributed by atoms with Crippen molar-refractivity contribution in [2.75, 3.05) is 20.3 Å². The second-order valence-electron chi connectivity index (χ2n) is 3.17. The van der Waals surface area contributed by atoms with Crippen LogP contribution in [0.3, 0.4) is 0 Å². The minimum Gasteiger partial charge on any atom is -0.445 e. The first kappa shape index (κ1) is 12.4. The van der Waals surface area contributed by atoms with Crippen LogP contribution in [-0.4, -0.2) is 32.1 Å². The number of ether oxygens (including phenoxy) is 2. The highest BCUT2D eigenvalue weighted by atomic mass is 16.6. The molecular formula is C12H15NO3. The molecule has 0 bridgehead atoms. The van der Waals surface area contributed by atoms with Crippen LogP contribution in [0, 0.1) is 0 Å². The summed E-state index contributed by atoms with van der Waals surface area (Å²) in [5.41, 5.74) is 1.55. The Bertz CT molecular complexity index is 360. The fourth-order valence-corrected chi connectivity index (χ4v) is 1.13. The fourth-order valence-electron chi connectivity index (χ4n) is 1.13. The highest BCUT2D eigenvalue weighted by molar-refractivity contribution is 6.03. The van der Waals surface area contributed by atoms with E-state index in [1.807, 2.05) is 30.3 Å². The molecule has 0 aliphatic carbocycles. The lowest BCUT2D eigenvalue weighted by Gasteiger charge is -2.02. The Hall–Kier alpha value is -1.68. The van der Waals surface area contributed by atoms with Crippen LogP contribution < -0.4 is 0 Å². The van der Waals surface area contributed by atoms with Crippen molar-refractivity contribution < 1.29 is 14.3 Å². The molecule has 1 rings (SSSR count). The van der Waals surface area contributed by atoms with Gasteiger partial charge in [-0.3, -0.25) is 0 Å². The summed E-state index contributed by atoms with van der Waals surface area (Å²) in [4.78, 5) is 15.1. The van der Waals surface area contributed by atoms with E-state index in [1.54, 1.807) is 14.0 Å². The largest absolute Gasteiger partial charge is 0.445 e. The summed E-state index contributed by atoms with van der Waals surface area (Å²) in [6, 6.07) is 9.48. The lowest BCUT2D eigenvalue weighted by atomic mass is 10.1. The minimum atomic E-state index is -0.585. The van der Waals surface area contributed by atoms with Gasteiger partial charge in [0.1, 0.15) is 6.61 Å². The van der Waals surface area contributed by atoms with Gasteiger partial charge in [0.25, 0.3) is 0 Å². The molecule has 4 nitrogen and oxygen atoms in total. The average molecular weight is 221 g/mol. The van der Waals surface area contributed by atoms with Crippen molar-refractivity contribution in [2.24, 2.45) is 4.99 Å². The number of aliphatic imine (C=N–C) groups is 1. The average Bonchev–Trinajstić information content (AvgIpc) is 2.30. The molecule has 0 atom stereocenters. The topological polar surface area (TPSA) is 47.9 Å². The summed E-state index contributed by atoms with van der Waals surface area (Å²) in [7, 11) is 1.55. The molecule has 0 aliphatic heterocycles. The standard InChI is InChI=1S/C12H15NO3/c1-10(11-6-4-3-5-7-11)13-12(14)16-9-8-15-2/h3-7H,8-9H2,1-2H3/b13-10-. The summed E-state index contributed by atoms with van der Waals surface area (Å²) in [6.45, 7) is 2.37. The molecule has 1 amide bonds. The third-order valence-electron chi connectivity index (χ3n) is 1.96. The Morgan fingerprint density at radius 3 is 2.56 bits per heavy atom. The van der Waals surface area contributed by atoms with E-state index >= 15 is 0 Å². The predicted molar refractivity (Wildman–Crippen MR) is 61.9 cm³/mol. The van der Waals surface area contributed by atoms with Gasteiger partial charge in [0.15, 0.2) is 0 Å². The molecule has 0 spiro atoms. The van der Waals surface area contributed by atoms with Gasteiger partial charge in [-0.2, -0.15) is 4.99 Å². The number of carbonyl (C=O) groups is 1. The number of rotatable bonds is 4. The van der Waals surface area contributed by atoms with Crippen molar-refractivity contribution in [3.8, 4) is 0 Å². The maximum atomic E-state index is 11.2. The van der Waals surface area contributed by atoms with Gasteiger partial charge >= 0.3 is 6.09 Å². The molecule has 0 unspecified atom stereocenters. The van der Waals surface area contributed by atoms with E-state index in [-0.39, 0.29) is 6.61 Å². The molecule has 0 aliphatic rings. The zero-order valence-electron chi connectivity index (χ0n) is 9.47. The first-order chi connectivity index (χ1) is 7.74. The van der Waals surface area contributed by atoms with Gasteiger partial charge in [-0.15, -0.1) is 0 Å². The first-order valence-corrected chi connectivity index (χ1v) is 5.00. The predicted octanol–water partition coefficient (Wildman–Crippen LogP) is 2.28. The summed E-state index contributed by atoms with van der Waals surface area (Å²) in [6.07, 6.45) is -0.585. The van der Waals surface area contributed by atoms with Crippen LogP contribution in [0.5, 0.6) is 0 Å². The molecule has 0 fully saturated rings. The Morgan fingerprint density at radius 2 is 1.94 bits per heavy atom. The minimum absolute atomic E-state index is 0.223. The van der Waals surface area contributed by atoms with E-state index in [9.17, 15) is 4.79 Å². The van der Waals surface area contributed by atoms with Crippen molar-refractivity contribution in [1.82, 2.24) is 0 Å². The highest BCUT2D eigenvalue weighted by Gasteiger charge is 2.02. The molecule has 0 aromatic heterocycles. The van der Waals surface area contributed by atoms with E-state index in [1.165, 1.54) is 0 Å². The molecule has 0 saturated heterocycles. The molecule has 1 aromatic rings. The molecule has 0 radical (unpaired) electrons. The molecule has 4 heteroatoms. The van der Waals surface area contributed by atoms with Gasteiger partial charge in [0.05, 0.1) is 12.3 Å². The van der Waals surface area contributed by atoms with E-state index in [0.717, 1.165) is 5.56 Å². The molecule has 86 valence electrons. The van der Waals surface area contributed by atoms with Crippen molar-refractivity contribution >= 4 is 11.8 Å². The molecular weight excluding hydrogens is 206 g/mol. The number of benzene rings is 1. The van der Waals surface area contributed by atoms with E-state index in [4.69, 9.17) is 9.47 Å². The summed E-state index contributed by atoms with van der Waals surface area (Å²) in [5, 5.41) is 0. The van der Waals surface area contributed by atoms with Gasteiger partial charge in [0.2, 0.25) is 0 Å². The van der Waals surface area contributed by atoms with E-state index in [0.29, 0.717) is 12.3 Å². The Kier molecular flexibility index (Phi) is 5.22. The van der Waals surface area contributed by atoms with Gasteiger partial charge in [-0.25, -0.2) is 4.79 Å². The fraction of sp³-hybridized carbons (Fsp3) is 0.333. The van der Waals surface area contributed by atoms with Crippen molar-refractivity contribution in [3.05, 3.63) is 35.9 Å². The van der Waals surface area contributed by atoms with Crippen LogP contribution in [0.4, 0.5) is 4.79 Å². The van der Waals surface area contributed by atoms with Gasteiger partial charge in [0, 0.05) is 7.11 Å². The third kappa shape index (κ3) is 4.23. The Balaban J connectivity index is 2.53. The first-order valence-electron chi connectivity index (χ1n) is 5.00. The van der Waals surface area contributed by atoms with Gasteiger partial charge in [-0.05, 0) is 12.5 Å². The number of carbonyl (C=O) groups excluding carboxylic acids is 1. The maximum absolute atomic E-state index is 11.2. The van der Waals surface area contributed by atoms with E-state index in [2.05, 4.69) is 4.99 Å². The van der Waals surface area contributed by atoms with Crippen LogP contribution in [0.2, 0.25) is 0 Å². The van der Waals surface area contributed by atoms with Gasteiger partial charge in [-0.1, -0.05) is 30.3 Å². The smallest absolute Gasteiger partial charge is 0.433 e. The number of nitrogens with zero attached hydrogens (tertiary/aromatic N) is 1. The third-order valence-corrected chi connectivity index (χ3v) is 1.96. The lowest BCUT2D eigenvalue weighted by Crippen LogP contribution is -2.08. The molecule has 1 aromatic carbocycles. The quantitative estimate of drug-likeness (QED) is 0.579.